The van der Waals surface area contributed by atoms with Gasteiger partial charge in [-0.2, -0.15) is 0 Å². The lowest BCUT2D eigenvalue weighted by molar-refractivity contribution is -0.143. The Kier molecular flexibility index (Phi) is 6.57. The highest BCUT2D eigenvalue weighted by atomic mass is 16.5. The quantitative estimate of drug-likeness (QED) is 0.652. The van der Waals surface area contributed by atoms with Crippen LogP contribution in [0.15, 0.2) is 24.3 Å². The van der Waals surface area contributed by atoms with Gasteiger partial charge in [-0.05, 0) is 36.5 Å². The Morgan fingerprint density at radius 3 is 2.59 bits per heavy atom. The summed E-state index contributed by atoms with van der Waals surface area (Å²) in [6.07, 6.45) is 1.90. The van der Waals surface area contributed by atoms with Crippen molar-refractivity contribution in [2.75, 3.05) is 40.5 Å². The molecular weight excluding hydrogens is 372 g/mol. The van der Waals surface area contributed by atoms with Gasteiger partial charge in [-0.1, -0.05) is 19.1 Å². The van der Waals surface area contributed by atoms with Crippen LogP contribution in [0.5, 0.6) is 5.75 Å². The summed E-state index contributed by atoms with van der Waals surface area (Å²) in [4.78, 5) is 42.4. The van der Waals surface area contributed by atoms with Crippen molar-refractivity contribution in [2.45, 2.75) is 38.0 Å². The number of carbonyl (C=O) groups is 3. The maximum atomic E-state index is 13.5. The van der Waals surface area contributed by atoms with E-state index in [1.165, 1.54) is 12.0 Å². The molecule has 1 aromatic rings. The van der Waals surface area contributed by atoms with Gasteiger partial charge in [-0.3, -0.25) is 19.3 Å². The lowest BCUT2D eigenvalue weighted by Gasteiger charge is -2.34. The van der Waals surface area contributed by atoms with Crippen LogP contribution in [0.1, 0.15) is 38.2 Å². The summed E-state index contributed by atoms with van der Waals surface area (Å²) in [7, 11) is 3.08. The molecule has 29 heavy (non-hydrogen) atoms. The fourth-order valence-electron chi connectivity index (χ4n) is 4.22. The molecule has 0 spiro atoms. The topological polar surface area (TPSA) is 76.2 Å². The van der Waals surface area contributed by atoms with Crippen molar-refractivity contribution in [3.63, 3.8) is 0 Å². The molecule has 7 heteroatoms. The molecule has 0 saturated carbocycles. The van der Waals surface area contributed by atoms with Crippen molar-refractivity contribution >= 4 is 17.7 Å². The monoisotopic (exact) mass is 402 g/mol. The van der Waals surface area contributed by atoms with E-state index in [0.717, 1.165) is 12.8 Å². The molecule has 2 aliphatic rings. The molecular formula is C22H30N2O5. The van der Waals surface area contributed by atoms with E-state index >= 15 is 0 Å². The van der Waals surface area contributed by atoms with Crippen LogP contribution in [0.4, 0.5) is 0 Å². The summed E-state index contributed by atoms with van der Waals surface area (Å²) in [6.45, 7) is 4.04. The third kappa shape index (κ3) is 4.29. The van der Waals surface area contributed by atoms with Gasteiger partial charge in [0.15, 0.2) is 0 Å². The standard InChI is InChI=1S/C22H30N2O5/c1-16-7-9-23(10-8-16)19(25)14-22(17-5-4-6-18(13-17)29-3)15-20(26)24(21(22)27)11-12-28-2/h4-6,13,16H,7-12,14-15H2,1-3H3. The van der Waals surface area contributed by atoms with E-state index in [2.05, 4.69) is 6.92 Å². The fraction of sp³-hybridized carbons (Fsp3) is 0.591. The summed E-state index contributed by atoms with van der Waals surface area (Å²) in [5.74, 6) is 0.526. The van der Waals surface area contributed by atoms with Crippen molar-refractivity contribution in [1.29, 1.82) is 0 Å². The third-order valence-corrected chi connectivity index (χ3v) is 6.14. The molecule has 0 aromatic heterocycles. The second-order valence-corrected chi connectivity index (χ2v) is 8.07. The highest BCUT2D eigenvalue weighted by Gasteiger charge is 2.54. The summed E-state index contributed by atoms with van der Waals surface area (Å²) >= 11 is 0. The van der Waals surface area contributed by atoms with E-state index in [1.54, 1.807) is 31.4 Å². The van der Waals surface area contributed by atoms with Gasteiger partial charge in [-0.25, -0.2) is 0 Å². The Morgan fingerprint density at radius 2 is 1.93 bits per heavy atom. The summed E-state index contributed by atoms with van der Waals surface area (Å²) in [5.41, 5.74) is -0.548. The third-order valence-electron chi connectivity index (χ3n) is 6.14. The number of carbonyl (C=O) groups excluding carboxylic acids is 3. The molecule has 0 aliphatic carbocycles. The van der Waals surface area contributed by atoms with E-state index in [4.69, 9.17) is 9.47 Å². The van der Waals surface area contributed by atoms with E-state index in [1.807, 2.05) is 4.90 Å². The van der Waals surface area contributed by atoms with Gasteiger partial charge in [0.25, 0.3) is 0 Å². The normalized spacial score (nSPS) is 23.0. The summed E-state index contributed by atoms with van der Waals surface area (Å²) < 4.78 is 10.4. The zero-order valence-electron chi connectivity index (χ0n) is 17.5. The molecule has 158 valence electrons. The van der Waals surface area contributed by atoms with Crippen molar-refractivity contribution in [1.82, 2.24) is 9.80 Å². The summed E-state index contributed by atoms with van der Waals surface area (Å²) in [5, 5.41) is 0. The zero-order chi connectivity index (χ0) is 21.0. The molecule has 2 fully saturated rings. The summed E-state index contributed by atoms with van der Waals surface area (Å²) in [6, 6.07) is 7.14. The molecule has 3 amide bonds. The number of methoxy groups -OCH3 is 2. The number of imide groups is 1. The highest BCUT2D eigenvalue weighted by molar-refractivity contribution is 6.10. The Labute approximate surface area is 171 Å². The average molecular weight is 402 g/mol. The number of ether oxygens (including phenoxy) is 2. The fourth-order valence-corrected chi connectivity index (χ4v) is 4.22. The minimum atomic E-state index is -1.19. The average Bonchev–Trinajstić information content (AvgIpc) is 2.97. The van der Waals surface area contributed by atoms with Gasteiger partial charge < -0.3 is 14.4 Å². The van der Waals surface area contributed by atoms with Gasteiger partial charge in [-0.15, -0.1) is 0 Å². The van der Waals surface area contributed by atoms with Crippen molar-refractivity contribution in [3.8, 4) is 5.75 Å². The Hall–Kier alpha value is -2.41. The van der Waals surface area contributed by atoms with Gasteiger partial charge in [0.05, 0.1) is 25.7 Å². The number of piperidine rings is 1. The van der Waals surface area contributed by atoms with Crippen molar-refractivity contribution in [2.24, 2.45) is 5.92 Å². The zero-order valence-corrected chi connectivity index (χ0v) is 17.5. The maximum Gasteiger partial charge on any atom is 0.240 e. The predicted octanol–water partition coefficient (Wildman–Crippen LogP) is 1.99. The first-order chi connectivity index (χ1) is 13.9. The first-order valence-corrected chi connectivity index (χ1v) is 10.2. The largest absolute Gasteiger partial charge is 0.497 e. The first-order valence-electron chi connectivity index (χ1n) is 10.2. The number of likely N-dealkylation sites (tertiary alicyclic amines) is 2. The molecule has 2 aliphatic heterocycles. The number of rotatable bonds is 7. The van der Waals surface area contributed by atoms with Crippen LogP contribution in [0.25, 0.3) is 0 Å². The van der Waals surface area contributed by atoms with E-state index in [-0.39, 0.29) is 43.7 Å². The Bertz CT molecular complexity index is 772. The SMILES string of the molecule is COCCN1C(=O)CC(CC(=O)N2CCC(C)CC2)(c2cccc(OC)c2)C1=O. The van der Waals surface area contributed by atoms with Gasteiger partial charge in [0, 0.05) is 33.0 Å². The smallest absolute Gasteiger partial charge is 0.240 e. The minimum Gasteiger partial charge on any atom is -0.497 e. The maximum absolute atomic E-state index is 13.5. The lowest BCUT2D eigenvalue weighted by atomic mass is 9.75. The van der Waals surface area contributed by atoms with Crippen molar-refractivity contribution in [3.05, 3.63) is 29.8 Å². The minimum absolute atomic E-state index is 0.0113. The van der Waals surface area contributed by atoms with Crippen LogP contribution in [-0.4, -0.2) is 68.0 Å². The molecule has 1 atom stereocenters. The van der Waals surface area contributed by atoms with Gasteiger partial charge in [0.1, 0.15) is 5.75 Å². The number of amides is 3. The molecule has 3 rings (SSSR count). The van der Waals surface area contributed by atoms with E-state index in [0.29, 0.717) is 30.3 Å². The second-order valence-electron chi connectivity index (χ2n) is 8.07. The van der Waals surface area contributed by atoms with Crippen LogP contribution in [0.2, 0.25) is 0 Å². The van der Waals surface area contributed by atoms with Crippen LogP contribution in [0, 0.1) is 5.92 Å². The Balaban J connectivity index is 1.93. The molecule has 2 heterocycles. The lowest BCUT2D eigenvalue weighted by Crippen LogP contribution is -2.45. The number of benzene rings is 1. The number of hydrogen-bond acceptors (Lipinski definition) is 5. The Morgan fingerprint density at radius 1 is 1.21 bits per heavy atom. The first kappa shape index (κ1) is 21.3. The molecule has 0 bridgehead atoms. The van der Waals surface area contributed by atoms with Gasteiger partial charge in [0.2, 0.25) is 17.7 Å². The van der Waals surface area contributed by atoms with Crippen molar-refractivity contribution < 1.29 is 23.9 Å². The van der Waals surface area contributed by atoms with E-state index < -0.39 is 5.41 Å². The number of hydrogen-bond donors (Lipinski definition) is 0. The van der Waals surface area contributed by atoms with Crippen LogP contribution < -0.4 is 4.74 Å². The number of nitrogens with zero attached hydrogens (tertiary/aromatic N) is 2. The molecule has 1 unspecified atom stereocenters. The molecule has 7 nitrogen and oxygen atoms in total. The molecule has 1 aromatic carbocycles. The molecule has 0 N–H and O–H groups in total. The van der Waals surface area contributed by atoms with Crippen LogP contribution in [0.3, 0.4) is 0 Å². The highest BCUT2D eigenvalue weighted by Crippen LogP contribution is 2.41. The van der Waals surface area contributed by atoms with E-state index in [9.17, 15) is 14.4 Å². The van der Waals surface area contributed by atoms with Crippen LogP contribution in [-0.2, 0) is 24.5 Å². The molecule has 0 radical (unpaired) electrons. The second kappa shape index (κ2) is 8.95. The van der Waals surface area contributed by atoms with Crippen LogP contribution >= 0.6 is 0 Å². The van der Waals surface area contributed by atoms with Gasteiger partial charge >= 0.3 is 0 Å². The molecule has 2 saturated heterocycles. The predicted molar refractivity (Wildman–Crippen MR) is 107 cm³/mol.